The zero-order valence-corrected chi connectivity index (χ0v) is 3.66. The molecule has 1 saturated heterocycles. The lowest BCUT2D eigenvalue weighted by Crippen LogP contribution is -2.56. The van der Waals surface area contributed by atoms with Gasteiger partial charge in [0.05, 0.1) is 12.6 Å². The van der Waals surface area contributed by atoms with Crippen LogP contribution >= 0.6 is 0 Å². The average molecular weight is 96.1 g/mol. The van der Waals surface area contributed by atoms with Crippen LogP contribution in [0.25, 0.3) is 0 Å². The minimum absolute atomic E-state index is 0.160. The predicted molar refractivity (Wildman–Crippen MR) is 23.7 cm³/mol. The standard InChI is InChI=1S/C4H4N2O/c7-4-1-3-2-5-6(3)4/h2-3H,1H2. The van der Waals surface area contributed by atoms with Crippen molar-refractivity contribution in [2.24, 2.45) is 5.10 Å². The first-order valence-electron chi connectivity index (χ1n) is 2.24. The molecule has 0 bridgehead atoms. The first kappa shape index (κ1) is 3.18. The fourth-order valence-electron chi connectivity index (χ4n) is 0.776. The molecular formula is C4H4N2O. The highest BCUT2D eigenvalue weighted by Crippen LogP contribution is 2.23. The minimum atomic E-state index is 0.160. The third-order valence-corrected chi connectivity index (χ3v) is 1.32. The third-order valence-electron chi connectivity index (χ3n) is 1.32. The van der Waals surface area contributed by atoms with E-state index >= 15 is 0 Å². The summed E-state index contributed by atoms with van der Waals surface area (Å²) in [7, 11) is 0. The first-order chi connectivity index (χ1) is 3.38. The van der Waals surface area contributed by atoms with Crippen LogP contribution in [0.15, 0.2) is 5.10 Å². The van der Waals surface area contributed by atoms with Gasteiger partial charge in [0.15, 0.2) is 0 Å². The number of nitrogens with zero attached hydrogens (tertiary/aromatic N) is 2. The Labute approximate surface area is 40.6 Å². The van der Waals surface area contributed by atoms with Crippen molar-refractivity contribution in [3.05, 3.63) is 0 Å². The van der Waals surface area contributed by atoms with Crippen molar-refractivity contribution in [3.8, 4) is 0 Å². The fourth-order valence-corrected chi connectivity index (χ4v) is 0.776. The minimum Gasteiger partial charge on any atom is -0.273 e. The highest BCUT2D eigenvalue weighted by Gasteiger charge is 2.40. The number of carbonyl (C=O) groups is 1. The molecule has 0 aromatic rings. The molecule has 1 unspecified atom stereocenters. The molecule has 1 amide bonds. The molecule has 2 rings (SSSR count). The molecule has 3 nitrogen and oxygen atoms in total. The second-order valence-corrected chi connectivity index (χ2v) is 1.77. The number of fused-ring (bicyclic) bond motifs is 1. The van der Waals surface area contributed by atoms with Crippen molar-refractivity contribution in [2.45, 2.75) is 12.5 Å². The van der Waals surface area contributed by atoms with Crippen molar-refractivity contribution < 1.29 is 4.79 Å². The monoisotopic (exact) mass is 96.0 g/mol. The normalized spacial score (nSPS) is 34.0. The maximum absolute atomic E-state index is 10.3. The van der Waals surface area contributed by atoms with Gasteiger partial charge < -0.3 is 0 Å². The molecule has 0 spiro atoms. The van der Waals surface area contributed by atoms with Gasteiger partial charge in [0.1, 0.15) is 6.04 Å². The van der Waals surface area contributed by atoms with E-state index in [0.717, 1.165) is 0 Å². The largest absolute Gasteiger partial charge is 0.273 e. The summed E-state index contributed by atoms with van der Waals surface area (Å²) in [6.45, 7) is 0. The molecule has 2 heterocycles. The number of β-lactam (4-membered cyclic amide) rings is 1. The van der Waals surface area contributed by atoms with Crippen molar-refractivity contribution in [3.63, 3.8) is 0 Å². The third kappa shape index (κ3) is 0.195. The van der Waals surface area contributed by atoms with Crippen molar-refractivity contribution >= 4 is 12.1 Å². The smallest absolute Gasteiger partial charge is 0.245 e. The van der Waals surface area contributed by atoms with Crippen LogP contribution in [0, 0.1) is 0 Å². The Morgan fingerprint density at radius 1 is 2.00 bits per heavy atom. The first-order valence-corrected chi connectivity index (χ1v) is 2.24. The van der Waals surface area contributed by atoms with E-state index in [9.17, 15) is 4.79 Å². The van der Waals surface area contributed by atoms with Gasteiger partial charge >= 0.3 is 0 Å². The van der Waals surface area contributed by atoms with Crippen molar-refractivity contribution in [2.75, 3.05) is 0 Å². The zero-order valence-electron chi connectivity index (χ0n) is 3.66. The second kappa shape index (κ2) is 0.710. The highest BCUT2D eigenvalue weighted by molar-refractivity contribution is 5.95. The van der Waals surface area contributed by atoms with Gasteiger partial charge in [-0.3, -0.25) is 4.79 Å². The van der Waals surface area contributed by atoms with E-state index in [1.807, 2.05) is 0 Å². The zero-order chi connectivity index (χ0) is 4.85. The Hall–Kier alpha value is -0.860. The lowest BCUT2D eigenvalue weighted by atomic mass is 10.0. The van der Waals surface area contributed by atoms with Gasteiger partial charge in [-0.2, -0.15) is 5.10 Å². The molecule has 0 saturated carbocycles. The number of hydrogen-bond donors (Lipinski definition) is 0. The number of carbonyl (C=O) groups excluding carboxylic acids is 1. The molecule has 36 valence electrons. The number of rotatable bonds is 0. The Balaban J connectivity index is 2.29. The Morgan fingerprint density at radius 3 is 2.86 bits per heavy atom. The van der Waals surface area contributed by atoms with Gasteiger partial charge in [0.25, 0.3) is 0 Å². The van der Waals surface area contributed by atoms with Crippen LogP contribution in [0.3, 0.4) is 0 Å². The van der Waals surface area contributed by atoms with Crippen molar-refractivity contribution in [1.82, 2.24) is 5.01 Å². The van der Waals surface area contributed by atoms with Crippen LogP contribution in [0.2, 0.25) is 0 Å². The molecule has 0 aromatic carbocycles. The molecule has 0 aromatic heterocycles. The van der Waals surface area contributed by atoms with E-state index in [0.29, 0.717) is 12.5 Å². The summed E-state index contributed by atoms with van der Waals surface area (Å²) < 4.78 is 0. The summed E-state index contributed by atoms with van der Waals surface area (Å²) in [5.74, 6) is 0.160. The molecule has 0 aliphatic carbocycles. The molecule has 1 fully saturated rings. The van der Waals surface area contributed by atoms with E-state index in [2.05, 4.69) is 5.10 Å². The SMILES string of the molecule is O=C1CC2C=NN12. The van der Waals surface area contributed by atoms with E-state index < -0.39 is 0 Å². The molecule has 7 heavy (non-hydrogen) atoms. The fraction of sp³-hybridized carbons (Fsp3) is 0.500. The second-order valence-electron chi connectivity index (χ2n) is 1.77. The van der Waals surface area contributed by atoms with Crippen LogP contribution in [0.1, 0.15) is 6.42 Å². The molecule has 2 aliphatic rings. The maximum atomic E-state index is 10.3. The van der Waals surface area contributed by atoms with Gasteiger partial charge in [-0.15, -0.1) is 0 Å². The van der Waals surface area contributed by atoms with Crippen LogP contribution in [0.4, 0.5) is 0 Å². The van der Waals surface area contributed by atoms with E-state index in [1.165, 1.54) is 5.01 Å². The highest BCUT2D eigenvalue weighted by atomic mass is 16.2. The molecule has 1 atom stereocenters. The lowest BCUT2D eigenvalue weighted by molar-refractivity contribution is -0.144. The van der Waals surface area contributed by atoms with E-state index in [-0.39, 0.29) is 5.91 Å². The summed E-state index contributed by atoms with van der Waals surface area (Å²) in [6, 6.07) is 0.382. The van der Waals surface area contributed by atoms with Crippen LogP contribution < -0.4 is 0 Å². The molecule has 0 radical (unpaired) electrons. The average Bonchev–Trinajstić information content (AvgIpc) is 1.59. The quantitative estimate of drug-likeness (QED) is 0.377. The summed E-state index contributed by atoms with van der Waals surface area (Å²) in [6.07, 6.45) is 2.48. The predicted octanol–water partition coefficient (Wildman–Crippen LogP) is -0.413. The van der Waals surface area contributed by atoms with Crippen molar-refractivity contribution in [1.29, 1.82) is 0 Å². The van der Waals surface area contributed by atoms with Gasteiger partial charge in [0.2, 0.25) is 5.91 Å². The molecular weight excluding hydrogens is 92.1 g/mol. The van der Waals surface area contributed by atoms with Crippen LogP contribution in [0.5, 0.6) is 0 Å². The Kier molecular flexibility index (Phi) is 0.323. The Morgan fingerprint density at radius 2 is 2.86 bits per heavy atom. The summed E-state index contributed by atoms with van der Waals surface area (Å²) >= 11 is 0. The molecule has 2 aliphatic heterocycles. The topological polar surface area (TPSA) is 32.7 Å². The van der Waals surface area contributed by atoms with E-state index in [4.69, 9.17) is 0 Å². The number of hydrogen-bond acceptors (Lipinski definition) is 2. The van der Waals surface area contributed by atoms with Gasteiger partial charge in [-0.25, -0.2) is 5.01 Å². The van der Waals surface area contributed by atoms with Gasteiger partial charge in [-0.05, 0) is 0 Å². The summed E-state index contributed by atoms with van der Waals surface area (Å²) in [4.78, 5) is 10.3. The maximum Gasteiger partial charge on any atom is 0.245 e. The molecule has 3 heteroatoms. The van der Waals surface area contributed by atoms with E-state index in [1.54, 1.807) is 6.21 Å². The van der Waals surface area contributed by atoms with Crippen LogP contribution in [-0.4, -0.2) is 23.2 Å². The number of hydrazone groups is 1. The summed E-state index contributed by atoms with van der Waals surface area (Å²) in [5.41, 5.74) is 0. The number of amides is 1. The Bertz CT molecular complexity index is 152. The van der Waals surface area contributed by atoms with Gasteiger partial charge in [0, 0.05) is 0 Å². The van der Waals surface area contributed by atoms with Crippen LogP contribution in [-0.2, 0) is 4.79 Å². The molecule has 0 N–H and O–H groups in total. The summed E-state index contributed by atoms with van der Waals surface area (Å²) in [5, 5.41) is 5.18. The van der Waals surface area contributed by atoms with Gasteiger partial charge in [-0.1, -0.05) is 0 Å². The lowest BCUT2D eigenvalue weighted by Gasteiger charge is -2.39.